The molecule has 69 heavy (non-hydrogen) atoms. The van der Waals surface area contributed by atoms with Crippen molar-refractivity contribution in [2.75, 3.05) is 13.2 Å². The van der Waals surface area contributed by atoms with Gasteiger partial charge in [-0.3, -0.25) is 14.4 Å². The van der Waals surface area contributed by atoms with Gasteiger partial charge in [0.15, 0.2) is 6.10 Å². The lowest BCUT2D eigenvalue weighted by atomic mass is 10.1. The van der Waals surface area contributed by atoms with Gasteiger partial charge in [-0.25, -0.2) is 0 Å². The molecule has 1 atom stereocenters. The van der Waals surface area contributed by atoms with Crippen LogP contribution in [0.25, 0.3) is 0 Å². The van der Waals surface area contributed by atoms with E-state index in [1.807, 2.05) is 0 Å². The molecule has 0 aliphatic heterocycles. The van der Waals surface area contributed by atoms with Gasteiger partial charge in [0.1, 0.15) is 13.2 Å². The minimum Gasteiger partial charge on any atom is -0.462 e. The first-order chi connectivity index (χ1) is 34.0. The fourth-order valence-corrected chi connectivity index (χ4v) is 7.93. The number of carbonyl (C=O) groups excluding carboxylic acids is 3. The summed E-state index contributed by atoms with van der Waals surface area (Å²) in [5.41, 5.74) is 0. The summed E-state index contributed by atoms with van der Waals surface area (Å²) in [6.07, 6.45) is 74.3. The van der Waals surface area contributed by atoms with Crippen molar-refractivity contribution in [1.29, 1.82) is 0 Å². The van der Waals surface area contributed by atoms with E-state index in [0.717, 1.165) is 77.0 Å². The quantitative estimate of drug-likeness (QED) is 0.0262. The number of esters is 3. The van der Waals surface area contributed by atoms with Crippen LogP contribution in [-0.4, -0.2) is 37.2 Å². The Morgan fingerprint density at radius 2 is 0.536 bits per heavy atom. The van der Waals surface area contributed by atoms with Crippen LogP contribution in [0.5, 0.6) is 0 Å². The molecule has 0 N–H and O–H groups in total. The van der Waals surface area contributed by atoms with E-state index in [2.05, 4.69) is 106 Å². The third-order valence-electron chi connectivity index (χ3n) is 12.3. The SMILES string of the molecule is CCCCC/C=C\C/C=C\C/C=C\C/C=C\CCCC(=O)OCC(COC(=O)CCCCCCCCC/C=C\CCCCCCCC)OC(=O)CCCCCCCCC/C=C\C/C=C\CCCCC. The number of rotatable bonds is 52. The third kappa shape index (κ3) is 55.4. The normalized spacial score (nSPS) is 12.7. The average Bonchev–Trinajstić information content (AvgIpc) is 3.35. The van der Waals surface area contributed by atoms with Crippen molar-refractivity contribution in [3.8, 4) is 0 Å². The van der Waals surface area contributed by atoms with E-state index < -0.39 is 6.10 Å². The van der Waals surface area contributed by atoms with Crippen molar-refractivity contribution in [2.45, 2.75) is 284 Å². The van der Waals surface area contributed by atoms with E-state index in [4.69, 9.17) is 14.2 Å². The van der Waals surface area contributed by atoms with E-state index >= 15 is 0 Å². The van der Waals surface area contributed by atoms with Gasteiger partial charge < -0.3 is 14.2 Å². The highest BCUT2D eigenvalue weighted by Gasteiger charge is 2.19. The first kappa shape index (κ1) is 65.6. The molecule has 0 saturated carbocycles. The second-order valence-electron chi connectivity index (χ2n) is 19.2. The van der Waals surface area contributed by atoms with Gasteiger partial charge in [-0.15, -0.1) is 0 Å². The Kier molecular flexibility index (Phi) is 54.3. The molecule has 1 unspecified atom stereocenters. The van der Waals surface area contributed by atoms with Crippen LogP contribution in [0.1, 0.15) is 278 Å². The minimum absolute atomic E-state index is 0.0988. The lowest BCUT2D eigenvalue weighted by molar-refractivity contribution is -0.167. The Hall–Kier alpha value is -3.41. The summed E-state index contributed by atoms with van der Waals surface area (Å²) < 4.78 is 16.8. The predicted molar refractivity (Wildman–Crippen MR) is 297 cm³/mol. The van der Waals surface area contributed by atoms with Crippen LogP contribution < -0.4 is 0 Å². The average molecular weight is 962 g/mol. The second kappa shape index (κ2) is 57.2. The maximum absolute atomic E-state index is 12.9. The number of unbranched alkanes of at least 4 members (excludes halogenated alkanes) is 27. The summed E-state index contributed by atoms with van der Waals surface area (Å²) in [6.45, 7) is 6.54. The first-order valence-electron chi connectivity index (χ1n) is 29.1. The van der Waals surface area contributed by atoms with Crippen LogP contribution in [0.2, 0.25) is 0 Å². The standard InChI is InChI=1S/C63H108O6/c1-4-7-10-13-16-19-22-25-28-31-34-37-40-43-46-49-52-55-61(64)67-58-60(69-63(66)57-54-51-48-45-42-39-36-33-30-27-24-21-18-15-12-9-6-3)59-68-62(65)56-53-50-47-44-41-38-35-32-29-26-23-20-17-14-11-8-5-2/h16,18-19,21,25-30,34,37,43,46,60H,4-15,17,20,22-24,31-33,35-36,38-42,44-45,47-59H2,1-3H3/b19-16-,21-18-,28-25-,29-26-,30-27-,37-34-,46-43-. The predicted octanol–water partition coefficient (Wildman–Crippen LogP) is 19.5. The van der Waals surface area contributed by atoms with Gasteiger partial charge in [0.05, 0.1) is 0 Å². The zero-order chi connectivity index (χ0) is 50.0. The highest BCUT2D eigenvalue weighted by molar-refractivity contribution is 5.71. The number of allylic oxidation sites excluding steroid dienone is 14. The zero-order valence-electron chi connectivity index (χ0n) is 45.3. The van der Waals surface area contributed by atoms with E-state index in [0.29, 0.717) is 19.3 Å². The van der Waals surface area contributed by atoms with Crippen LogP contribution in [0.15, 0.2) is 85.1 Å². The Morgan fingerprint density at radius 1 is 0.290 bits per heavy atom. The zero-order valence-corrected chi connectivity index (χ0v) is 45.3. The van der Waals surface area contributed by atoms with Gasteiger partial charge in [-0.1, -0.05) is 228 Å². The molecule has 6 heteroatoms. The largest absolute Gasteiger partial charge is 0.462 e. The number of hydrogen-bond donors (Lipinski definition) is 0. The monoisotopic (exact) mass is 961 g/mol. The van der Waals surface area contributed by atoms with Gasteiger partial charge in [0, 0.05) is 19.3 Å². The summed E-state index contributed by atoms with van der Waals surface area (Å²) in [5.74, 6) is -0.963. The maximum atomic E-state index is 12.9. The lowest BCUT2D eigenvalue weighted by Crippen LogP contribution is -2.30. The lowest BCUT2D eigenvalue weighted by Gasteiger charge is -2.18. The number of carbonyl (C=O) groups is 3. The fraction of sp³-hybridized carbons (Fsp3) is 0.730. The Bertz CT molecular complexity index is 1330. The summed E-state index contributed by atoms with van der Waals surface area (Å²) in [4.78, 5) is 38.2. The first-order valence-corrected chi connectivity index (χ1v) is 29.1. The van der Waals surface area contributed by atoms with Gasteiger partial charge in [-0.05, 0) is 116 Å². The second-order valence-corrected chi connectivity index (χ2v) is 19.2. The van der Waals surface area contributed by atoms with Crippen molar-refractivity contribution in [2.24, 2.45) is 0 Å². The molecule has 0 aromatic heterocycles. The molecule has 0 aromatic carbocycles. The Labute approximate surface area is 426 Å². The third-order valence-corrected chi connectivity index (χ3v) is 12.3. The molecule has 0 rings (SSSR count). The summed E-state index contributed by atoms with van der Waals surface area (Å²) in [5, 5.41) is 0. The number of hydrogen-bond acceptors (Lipinski definition) is 6. The van der Waals surface area contributed by atoms with E-state index in [9.17, 15) is 14.4 Å². The highest BCUT2D eigenvalue weighted by Crippen LogP contribution is 2.14. The van der Waals surface area contributed by atoms with Crippen LogP contribution in [0.4, 0.5) is 0 Å². The van der Waals surface area contributed by atoms with Crippen molar-refractivity contribution in [3.63, 3.8) is 0 Å². The molecule has 0 radical (unpaired) electrons. The summed E-state index contributed by atoms with van der Waals surface area (Å²) >= 11 is 0. The van der Waals surface area contributed by atoms with E-state index in [-0.39, 0.29) is 37.5 Å². The molecule has 0 spiro atoms. The maximum Gasteiger partial charge on any atom is 0.306 e. The molecule has 0 aromatic rings. The topological polar surface area (TPSA) is 78.9 Å². The van der Waals surface area contributed by atoms with Gasteiger partial charge in [-0.2, -0.15) is 0 Å². The van der Waals surface area contributed by atoms with Crippen molar-refractivity contribution < 1.29 is 28.6 Å². The smallest absolute Gasteiger partial charge is 0.306 e. The Balaban J connectivity index is 4.48. The molecular formula is C63H108O6. The van der Waals surface area contributed by atoms with Gasteiger partial charge in [0.2, 0.25) is 0 Å². The van der Waals surface area contributed by atoms with Crippen molar-refractivity contribution >= 4 is 17.9 Å². The molecule has 0 bridgehead atoms. The van der Waals surface area contributed by atoms with E-state index in [1.54, 1.807) is 0 Å². The molecule has 0 heterocycles. The molecule has 0 aliphatic rings. The van der Waals surface area contributed by atoms with Crippen LogP contribution in [-0.2, 0) is 28.6 Å². The summed E-state index contributed by atoms with van der Waals surface area (Å²) in [6, 6.07) is 0. The molecule has 0 amide bonds. The summed E-state index contributed by atoms with van der Waals surface area (Å²) in [7, 11) is 0. The van der Waals surface area contributed by atoms with Crippen LogP contribution in [0, 0.1) is 0 Å². The van der Waals surface area contributed by atoms with E-state index in [1.165, 1.54) is 154 Å². The highest BCUT2D eigenvalue weighted by atomic mass is 16.6. The van der Waals surface area contributed by atoms with Crippen LogP contribution >= 0.6 is 0 Å². The molecular weight excluding hydrogens is 853 g/mol. The minimum atomic E-state index is -0.805. The molecule has 0 fully saturated rings. The fourth-order valence-electron chi connectivity index (χ4n) is 7.93. The van der Waals surface area contributed by atoms with Gasteiger partial charge >= 0.3 is 17.9 Å². The molecule has 396 valence electrons. The molecule has 0 aliphatic carbocycles. The van der Waals surface area contributed by atoms with Gasteiger partial charge in [0.25, 0.3) is 0 Å². The van der Waals surface area contributed by atoms with Crippen LogP contribution in [0.3, 0.4) is 0 Å². The Morgan fingerprint density at radius 3 is 0.913 bits per heavy atom. The van der Waals surface area contributed by atoms with Crippen molar-refractivity contribution in [3.05, 3.63) is 85.1 Å². The molecule has 0 saturated heterocycles. The molecule has 6 nitrogen and oxygen atoms in total. The number of ether oxygens (including phenoxy) is 3. The van der Waals surface area contributed by atoms with Crippen molar-refractivity contribution in [1.82, 2.24) is 0 Å².